The Morgan fingerprint density at radius 1 is 1.33 bits per heavy atom. The summed E-state index contributed by atoms with van der Waals surface area (Å²) in [5.74, 6) is 2.61. The van der Waals surface area contributed by atoms with E-state index in [-0.39, 0.29) is 19.0 Å². The van der Waals surface area contributed by atoms with Gasteiger partial charge in [-0.05, 0) is 0 Å². The Kier molecular flexibility index (Phi) is 8.84. The summed E-state index contributed by atoms with van der Waals surface area (Å²) >= 11 is 0. The molecule has 0 radical (unpaired) electrons. The van der Waals surface area contributed by atoms with Crippen molar-refractivity contribution in [3.63, 3.8) is 0 Å². The highest BCUT2D eigenvalue weighted by atomic mass is 35.5. The molecule has 0 saturated heterocycles. The Balaban J connectivity index is 0. The topological polar surface area (TPSA) is 20.2 Å². The smallest absolute Gasteiger partial charge is 0.102 e. The maximum Gasteiger partial charge on any atom is 0.102 e. The number of hydrogen-bond donors (Lipinski definition) is 1. The fraction of sp³-hybridized carbons (Fsp3) is 0.778. The van der Waals surface area contributed by atoms with Gasteiger partial charge in [0.25, 0.3) is 0 Å². The standard InChI is InChI=1S/C9H18NO.ClH/c1-4-5-6-7-10(2,3)8-9-11;/h1,11H,5-9H2,2-3H3;1H/q+1;/p-1. The number of terminal acetylenes is 1. The van der Waals surface area contributed by atoms with Crippen LogP contribution in [0.3, 0.4) is 0 Å². The second-order valence-electron chi connectivity index (χ2n) is 3.41. The molecule has 0 saturated carbocycles. The van der Waals surface area contributed by atoms with Gasteiger partial charge in [0.1, 0.15) is 6.54 Å². The number of hydrogen-bond acceptors (Lipinski definition) is 1. The summed E-state index contributed by atoms with van der Waals surface area (Å²) in [7, 11) is 4.21. The average Bonchev–Trinajstić information content (AvgIpc) is 1.87. The van der Waals surface area contributed by atoms with Crippen molar-refractivity contribution in [2.45, 2.75) is 12.8 Å². The fourth-order valence-corrected chi connectivity index (χ4v) is 0.992. The molecule has 0 fully saturated rings. The van der Waals surface area contributed by atoms with Gasteiger partial charge in [0, 0.05) is 12.8 Å². The Morgan fingerprint density at radius 2 is 1.92 bits per heavy atom. The van der Waals surface area contributed by atoms with Crippen molar-refractivity contribution in [2.24, 2.45) is 0 Å². The predicted molar refractivity (Wildman–Crippen MR) is 47.0 cm³/mol. The second kappa shape index (κ2) is 7.42. The molecular formula is C9H18ClNO. The lowest BCUT2D eigenvalue weighted by Gasteiger charge is -2.28. The van der Waals surface area contributed by atoms with Crippen molar-refractivity contribution in [3.8, 4) is 12.3 Å². The SMILES string of the molecule is C#CCCC[N+](C)(C)CCO.[Cl-]. The van der Waals surface area contributed by atoms with E-state index in [1.54, 1.807) is 0 Å². The lowest BCUT2D eigenvalue weighted by Crippen LogP contribution is -3.00. The molecule has 0 amide bonds. The van der Waals surface area contributed by atoms with Crippen LogP contribution in [0.2, 0.25) is 0 Å². The van der Waals surface area contributed by atoms with Crippen molar-refractivity contribution < 1.29 is 22.0 Å². The quantitative estimate of drug-likeness (QED) is 0.289. The van der Waals surface area contributed by atoms with E-state index in [2.05, 4.69) is 20.0 Å². The summed E-state index contributed by atoms with van der Waals surface area (Å²) in [5.41, 5.74) is 0. The molecule has 3 heteroatoms. The molecule has 12 heavy (non-hydrogen) atoms. The molecule has 0 rings (SSSR count). The molecule has 0 aromatic heterocycles. The number of rotatable bonds is 5. The van der Waals surface area contributed by atoms with Gasteiger partial charge in [-0.1, -0.05) is 0 Å². The minimum absolute atomic E-state index is 0. The molecule has 0 atom stereocenters. The third-order valence-corrected chi connectivity index (χ3v) is 1.79. The number of halogens is 1. The average molecular weight is 192 g/mol. The number of nitrogens with zero attached hydrogens (tertiary/aromatic N) is 1. The van der Waals surface area contributed by atoms with Gasteiger partial charge >= 0.3 is 0 Å². The number of aliphatic hydroxyl groups excluding tert-OH is 1. The molecule has 0 aliphatic heterocycles. The summed E-state index contributed by atoms with van der Waals surface area (Å²) in [6.45, 7) is 2.11. The summed E-state index contributed by atoms with van der Waals surface area (Å²) < 4.78 is 0.859. The zero-order valence-electron chi connectivity index (χ0n) is 7.89. The molecule has 0 heterocycles. The van der Waals surface area contributed by atoms with Gasteiger partial charge in [0.15, 0.2) is 0 Å². The van der Waals surface area contributed by atoms with E-state index in [9.17, 15) is 0 Å². The second-order valence-corrected chi connectivity index (χ2v) is 3.41. The highest BCUT2D eigenvalue weighted by molar-refractivity contribution is 4.82. The van der Waals surface area contributed by atoms with Gasteiger partial charge in [-0.15, -0.1) is 12.3 Å². The van der Waals surface area contributed by atoms with Crippen molar-refractivity contribution >= 4 is 0 Å². The van der Waals surface area contributed by atoms with Crippen LogP contribution in [0.4, 0.5) is 0 Å². The first-order valence-corrected chi connectivity index (χ1v) is 3.99. The van der Waals surface area contributed by atoms with Crippen LogP contribution in [-0.2, 0) is 0 Å². The third-order valence-electron chi connectivity index (χ3n) is 1.79. The van der Waals surface area contributed by atoms with Crippen LogP contribution >= 0.6 is 0 Å². The third kappa shape index (κ3) is 7.87. The van der Waals surface area contributed by atoms with Gasteiger partial charge in [0.2, 0.25) is 0 Å². The molecule has 0 unspecified atom stereocenters. The van der Waals surface area contributed by atoms with E-state index < -0.39 is 0 Å². The Hall–Kier alpha value is -0.230. The van der Waals surface area contributed by atoms with Crippen LogP contribution in [-0.4, -0.2) is 43.4 Å². The first-order chi connectivity index (χ1) is 5.12. The van der Waals surface area contributed by atoms with Crippen LogP contribution < -0.4 is 12.4 Å². The molecule has 2 nitrogen and oxygen atoms in total. The maximum absolute atomic E-state index is 8.70. The predicted octanol–water partition coefficient (Wildman–Crippen LogP) is -2.53. The van der Waals surface area contributed by atoms with E-state index in [4.69, 9.17) is 11.5 Å². The van der Waals surface area contributed by atoms with Crippen molar-refractivity contribution in [2.75, 3.05) is 33.8 Å². The summed E-state index contributed by atoms with van der Waals surface area (Å²) in [5, 5.41) is 8.70. The van der Waals surface area contributed by atoms with Crippen molar-refractivity contribution in [1.29, 1.82) is 0 Å². The minimum Gasteiger partial charge on any atom is -1.00 e. The van der Waals surface area contributed by atoms with E-state index in [1.165, 1.54) is 0 Å². The van der Waals surface area contributed by atoms with E-state index in [0.29, 0.717) is 0 Å². The van der Waals surface area contributed by atoms with Gasteiger partial charge in [-0.2, -0.15) is 0 Å². The lowest BCUT2D eigenvalue weighted by atomic mass is 10.3. The molecule has 0 aliphatic carbocycles. The number of aliphatic hydroxyl groups is 1. The lowest BCUT2D eigenvalue weighted by molar-refractivity contribution is -0.890. The van der Waals surface area contributed by atoms with Gasteiger partial charge in [-0.3, -0.25) is 0 Å². The van der Waals surface area contributed by atoms with E-state index in [0.717, 1.165) is 30.4 Å². The minimum atomic E-state index is 0. The Labute approximate surface area is 81.6 Å². The molecular weight excluding hydrogens is 174 g/mol. The van der Waals surface area contributed by atoms with E-state index in [1.807, 2.05) is 0 Å². The molecule has 0 spiro atoms. The Bertz CT molecular complexity index is 140. The van der Waals surface area contributed by atoms with Crippen LogP contribution in [0, 0.1) is 12.3 Å². The molecule has 0 aliphatic rings. The van der Waals surface area contributed by atoms with Crippen LogP contribution in [0.15, 0.2) is 0 Å². The van der Waals surface area contributed by atoms with Gasteiger partial charge < -0.3 is 22.0 Å². The van der Waals surface area contributed by atoms with Crippen LogP contribution in [0.1, 0.15) is 12.8 Å². The number of quaternary nitrogens is 1. The maximum atomic E-state index is 8.70. The summed E-state index contributed by atoms with van der Waals surface area (Å²) in [4.78, 5) is 0. The molecule has 1 N–H and O–H groups in total. The van der Waals surface area contributed by atoms with Crippen molar-refractivity contribution in [1.82, 2.24) is 0 Å². The fourth-order valence-electron chi connectivity index (χ4n) is 0.992. The molecule has 0 aromatic carbocycles. The largest absolute Gasteiger partial charge is 1.00 e. The zero-order valence-corrected chi connectivity index (χ0v) is 8.64. The molecule has 72 valence electrons. The number of unbranched alkanes of at least 4 members (excludes halogenated alkanes) is 1. The normalized spacial score (nSPS) is 10.2. The van der Waals surface area contributed by atoms with Crippen LogP contribution in [0.25, 0.3) is 0 Å². The van der Waals surface area contributed by atoms with E-state index >= 15 is 0 Å². The first-order valence-electron chi connectivity index (χ1n) is 3.99. The summed E-state index contributed by atoms with van der Waals surface area (Å²) in [6.07, 6.45) is 7.01. The monoisotopic (exact) mass is 191 g/mol. The first kappa shape index (κ1) is 14.3. The molecule has 0 aromatic rings. The van der Waals surface area contributed by atoms with Gasteiger partial charge in [-0.25, -0.2) is 0 Å². The van der Waals surface area contributed by atoms with Crippen LogP contribution in [0.5, 0.6) is 0 Å². The van der Waals surface area contributed by atoms with Crippen molar-refractivity contribution in [3.05, 3.63) is 0 Å². The highest BCUT2D eigenvalue weighted by Gasteiger charge is 2.11. The van der Waals surface area contributed by atoms with Gasteiger partial charge in [0.05, 0.1) is 27.2 Å². The highest BCUT2D eigenvalue weighted by Crippen LogP contribution is 1.99. The molecule has 0 bridgehead atoms. The summed E-state index contributed by atoms with van der Waals surface area (Å²) in [6, 6.07) is 0. The Morgan fingerprint density at radius 3 is 2.33 bits per heavy atom. The number of likely N-dealkylation sites (N-methyl/N-ethyl adjacent to an activating group) is 1. The zero-order chi connectivity index (χ0) is 8.74.